The molecule has 9 heteroatoms. The van der Waals surface area contributed by atoms with Crippen molar-refractivity contribution in [3.8, 4) is 17.2 Å². The van der Waals surface area contributed by atoms with Crippen LogP contribution in [0.2, 0.25) is 0 Å². The summed E-state index contributed by atoms with van der Waals surface area (Å²) in [5, 5.41) is 10.6. The van der Waals surface area contributed by atoms with Crippen molar-refractivity contribution < 1.29 is 19.0 Å². The normalized spacial score (nSPS) is 16.6. The fraction of sp³-hybridized carbons (Fsp3) is 0.372. The molecule has 1 saturated carbocycles. The number of likely N-dealkylation sites (N-methyl/N-ethyl adjacent to an activating group) is 1. The van der Waals surface area contributed by atoms with Gasteiger partial charge in [0.2, 0.25) is 5.91 Å². The number of benzene rings is 4. The summed E-state index contributed by atoms with van der Waals surface area (Å²) >= 11 is 0. The quantitative estimate of drug-likeness (QED) is 0.134. The molecule has 0 saturated heterocycles. The molecule has 2 N–H and O–H groups in total. The van der Waals surface area contributed by atoms with E-state index in [-0.39, 0.29) is 23.4 Å². The SMILES string of the molecule is C=C(N[C@H](C(=O)N(C)Cc1ccccc1)C(C)(C)C)N[C@@H]1CCCC[C@H]1N=P(c1ccc(OC)cc1)(c1ccc(OC)cc1)c1ccc(OC)cc1. The molecule has 5 rings (SSSR count). The van der Waals surface area contributed by atoms with E-state index < -0.39 is 13.1 Å². The third kappa shape index (κ3) is 9.02. The van der Waals surface area contributed by atoms with E-state index in [2.05, 4.69) is 74.4 Å². The number of rotatable bonds is 14. The van der Waals surface area contributed by atoms with E-state index in [1.807, 2.05) is 73.8 Å². The first-order valence-electron chi connectivity index (χ1n) is 18.0. The summed E-state index contributed by atoms with van der Waals surface area (Å²) in [6.45, 7) is 11.2. The molecule has 52 heavy (non-hydrogen) atoms. The Balaban J connectivity index is 1.53. The van der Waals surface area contributed by atoms with Gasteiger partial charge in [0.15, 0.2) is 0 Å². The Labute approximate surface area is 310 Å². The molecule has 4 aromatic carbocycles. The highest BCUT2D eigenvalue weighted by molar-refractivity contribution is 7.87. The number of amides is 1. The van der Waals surface area contributed by atoms with Crippen LogP contribution in [0, 0.1) is 5.41 Å². The highest BCUT2D eigenvalue weighted by Gasteiger charge is 2.36. The zero-order chi connectivity index (χ0) is 37.3. The van der Waals surface area contributed by atoms with Crippen LogP contribution in [0.15, 0.2) is 120 Å². The highest BCUT2D eigenvalue weighted by Crippen LogP contribution is 2.49. The van der Waals surface area contributed by atoms with E-state index in [0.29, 0.717) is 12.4 Å². The predicted octanol–water partition coefficient (Wildman–Crippen LogP) is 7.22. The van der Waals surface area contributed by atoms with E-state index in [9.17, 15) is 4.79 Å². The van der Waals surface area contributed by atoms with Crippen LogP contribution >= 0.6 is 7.05 Å². The average molecular weight is 723 g/mol. The lowest BCUT2D eigenvalue weighted by atomic mass is 9.85. The van der Waals surface area contributed by atoms with Gasteiger partial charge in [-0.2, -0.15) is 0 Å². The maximum Gasteiger partial charge on any atom is 0.245 e. The zero-order valence-electron chi connectivity index (χ0n) is 31.8. The Kier molecular flexibility index (Phi) is 12.8. The van der Waals surface area contributed by atoms with Crippen molar-refractivity contribution in [2.75, 3.05) is 28.4 Å². The Morgan fingerprint density at radius 2 is 1.25 bits per heavy atom. The molecule has 0 aliphatic heterocycles. The van der Waals surface area contributed by atoms with Gasteiger partial charge in [-0.3, -0.25) is 9.54 Å². The van der Waals surface area contributed by atoms with Crippen molar-refractivity contribution in [2.24, 2.45) is 10.2 Å². The van der Waals surface area contributed by atoms with E-state index >= 15 is 0 Å². The number of carbonyl (C=O) groups is 1. The van der Waals surface area contributed by atoms with Gasteiger partial charge in [-0.25, -0.2) is 0 Å². The molecule has 1 aliphatic carbocycles. The first kappa shape index (κ1) is 38.5. The summed E-state index contributed by atoms with van der Waals surface area (Å²) in [5.74, 6) is 3.04. The highest BCUT2D eigenvalue weighted by atomic mass is 31.2. The van der Waals surface area contributed by atoms with Gasteiger partial charge >= 0.3 is 0 Å². The number of carbonyl (C=O) groups excluding carboxylic acids is 1. The minimum absolute atomic E-state index is 0.0145. The number of nitrogens with one attached hydrogen (secondary N) is 2. The lowest BCUT2D eigenvalue weighted by Crippen LogP contribution is -2.54. The van der Waals surface area contributed by atoms with Crippen LogP contribution in [-0.2, 0) is 11.3 Å². The summed E-state index contributed by atoms with van der Waals surface area (Å²) in [6.07, 6.45) is 4.02. The summed E-state index contributed by atoms with van der Waals surface area (Å²) in [5.41, 5.74) is 0.729. The topological polar surface area (TPSA) is 84.4 Å². The van der Waals surface area contributed by atoms with E-state index in [0.717, 1.165) is 64.4 Å². The van der Waals surface area contributed by atoms with E-state index in [1.54, 1.807) is 26.2 Å². The van der Waals surface area contributed by atoms with Crippen molar-refractivity contribution >= 4 is 28.9 Å². The second-order valence-corrected chi connectivity index (χ2v) is 17.6. The molecule has 0 spiro atoms. The third-order valence-electron chi connectivity index (χ3n) is 9.82. The van der Waals surface area contributed by atoms with Gasteiger partial charge in [0.1, 0.15) is 23.3 Å². The number of methoxy groups -OCH3 is 3. The zero-order valence-corrected chi connectivity index (χ0v) is 32.7. The molecule has 0 unspecified atom stereocenters. The molecule has 0 aromatic heterocycles. The van der Waals surface area contributed by atoms with Crippen molar-refractivity contribution in [3.05, 3.63) is 121 Å². The second-order valence-electron chi connectivity index (χ2n) is 14.5. The molecule has 276 valence electrons. The van der Waals surface area contributed by atoms with Gasteiger partial charge in [0, 0.05) is 35.5 Å². The van der Waals surface area contributed by atoms with Gasteiger partial charge < -0.3 is 29.7 Å². The molecule has 1 aliphatic rings. The monoisotopic (exact) mass is 722 g/mol. The van der Waals surface area contributed by atoms with E-state index in [4.69, 9.17) is 19.0 Å². The van der Waals surface area contributed by atoms with Crippen LogP contribution in [0.3, 0.4) is 0 Å². The number of nitrogens with zero attached hydrogens (tertiary/aromatic N) is 2. The lowest BCUT2D eigenvalue weighted by Gasteiger charge is -2.38. The van der Waals surface area contributed by atoms with Gasteiger partial charge in [0.05, 0.1) is 40.2 Å². The average Bonchev–Trinajstić information content (AvgIpc) is 3.16. The Hall–Kier alpha value is -4.68. The van der Waals surface area contributed by atoms with Crippen molar-refractivity contribution in [3.63, 3.8) is 0 Å². The fourth-order valence-corrected chi connectivity index (χ4v) is 10.7. The molecule has 8 nitrogen and oxygen atoms in total. The minimum Gasteiger partial charge on any atom is -0.497 e. The lowest BCUT2D eigenvalue weighted by molar-refractivity contribution is -0.135. The fourth-order valence-electron chi connectivity index (χ4n) is 6.93. The van der Waals surface area contributed by atoms with Crippen LogP contribution < -0.4 is 40.8 Å². The van der Waals surface area contributed by atoms with Gasteiger partial charge in [0.25, 0.3) is 0 Å². The number of hydrogen-bond donors (Lipinski definition) is 2. The molecule has 0 bridgehead atoms. The number of hydrogen-bond acceptors (Lipinski definition) is 7. The van der Waals surface area contributed by atoms with E-state index in [1.165, 1.54) is 0 Å². The Bertz CT molecular complexity index is 1700. The summed E-state index contributed by atoms with van der Waals surface area (Å²) in [6, 6.07) is 34.6. The summed E-state index contributed by atoms with van der Waals surface area (Å²) < 4.78 is 22.7. The van der Waals surface area contributed by atoms with Crippen LogP contribution in [0.25, 0.3) is 0 Å². The predicted molar refractivity (Wildman–Crippen MR) is 215 cm³/mol. The van der Waals surface area contributed by atoms with Crippen molar-refractivity contribution in [1.82, 2.24) is 15.5 Å². The van der Waals surface area contributed by atoms with Crippen molar-refractivity contribution in [2.45, 2.75) is 71.1 Å². The maximum atomic E-state index is 13.9. The van der Waals surface area contributed by atoms with Gasteiger partial charge in [-0.05, 0) is 96.6 Å². The van der Waals surface area contributed by atoms with Gasteiger partial charge in [-0.1, -0.05) is 70.5 Å². The summed E-state index contributed by atoms with van der Waals surface area (Å²) in [4.78, 5) is 15.7. The number of ether oxygens (including phenoxy) is 3. The molecule has 1 fully saturated rings. The molecule has 0 heterocycles. The first-order chi connectivity index (χ1) is 25.0. The second kappa shape index (κ2) is 17.2. The largest absolute Gasteiger partial charge is 0.497 e. The van der Waals surface area contributed by atoms with Crippen LogP contribution in [0.5, 0.6) is 17.2 Å². The van der Waals surface area contributed by atoms with Crippen LogP contribution in [0.1, 0.15) is 52.0 Å². The van der Waals surface area contributed by atoms with Crippen LogP contribution in [-0.4, -0.2) is 57.3 Å². The summed E-state index contributed by atoms with van der Waals surface area (Å²) in [7, 11) is 4.32. The first-order valence-corrected chi connectivity index (χ1v) is 19.8. The minimum atomic E-state index is -2.60. The Morgan fingerprint density at radius 1 is 0.788 bits per heavy atom. The van der Waals surface area contributed by atoms with Crippen molar-refractivity contribution in [1.29, 1.82) is 0 Å². The smallest absolute Gasteiger partial charge is 0.245 e. The third-order valence-corrected chi connectivity index (χ3v) is 13.6. The van der Waals surface area contributed by atoms with Crippen LogP contribution in [0.4, 0.5) is 0 Å². The van der Waals surface area contributed by atoms with Gasteiger partial charge in [-0.15, -0.1) is 0 Å². The Morgan fingerprint density at radius 3 is 1.69 bits per heavy atom. The molecular weight excluding hydrogens is 667 g/mol. The molecule has 1 amide bonds. The molecule has 4 aromatic rings. The maximum absolute atomic E-state index is 13.9. The molecule has 0 radical (unpaired) electrons. The molecule has 3 atom stereocenters. The standard InChI is InChI=1S/C43H55N4O4P/c1-31(45-41(43(2,3)4)42(48)47(5)30-32-14-10-9-11-15-32)44-39-16-12-13-17-40(39)46-52(36-24-18-33(49-6)19-25-36,37-26-20-34(50-7)21-27-37)38-28-22-35(51-8)23-29-38/h9-11,14-15,18-29,39-41,44-45H,1,12-13,16-17,30H2,2-8H3/t39-,40-,41-/m1/s1. The molecular formula is C43H55N4O4P.